The Kier molecular flexibility index (Phi) is 5.27. The number of nitrogens with one attached hydrogen (secondary N) is 1. The van der Waals surface area contributed by atoms with E-state index in [1.165, 1.54) is 7.11 Å². The maximum Gasteiger partial charge on any atom is 0.331 e. The number of carbonyl (C=O) groups is 1. The van der Waals surface area contributed by atoms with Gasteiger partial charge in [-0.2, -0.15) is 0 Å². The van der Waals surface area contributed by atoms with Crippen molar-refractivity contribution in [1.29, 1.82) is 0 Å². The highest BCUT2D eigenvalue weighted by Crippen LogP contribution is 2.35. The molecule has 1 aromatic carbocycles. The average molecular weight is 356 g/mol. The number of anilines is 1. The van der Waals surface area contributed by atoms with E-state index in [-0.39, 0.29) is 12.1 Å². The fraction of sp³-hybridized carbons (Fsp3) is 0.562. The van der Waals surface area contributed by atoms with Gasteiger partial charge in [0, 0.05) is 29.6 Å². The van der Waals surface area contributed by atoms with Gasteiger partial charge in [-0.15, -0.1) is 0 Å². The monoisotopic (exact) mass is 355 g/mol. The lowest BCUT2D eigenvalue weighted by molar-refractivity contribution is -0.152. The second-order valence-corrected chi connectivity index (χ2v) is 6.64. The number of benzene rings is 1. The molecule has 5 heteroatoms. The third-order valence-electron chi connectivity index (χ3n) is 3.98. The van der Waals surface area contributed by atoms with Gasteiger partial charge in [0.25, 0.3) is 0 Å². The number of halogens is 1. The predicted octanol–water partition coefficient (Wildman–Crippen LogP) is 3.61. The minimum atomic E-state index is -0.730. The van der Waals surface area contributed by atoms with Crippen molar-refractivity contribution >= 4 is 27.6 Å². The van der Waals surface area contributed by atoms with Crippen LogP contribution in [-0.2, 0) is 14.3 Å². The SMILES string of the molecule is COC(=O)C1(Nc2ccccc2Br)CCOC(C(C)C)C1. The van der Waals surface area contributed by atoms with Gasteiger partial charge >= 0.3 is 5.97 Å². The molecule has 1 aliphatic heterocycles. The Labute approximate surface area is 134 Å². The van der Waals surface area contributed by atoms with Gasteiger partial charge in [-0.25, -0.2) is 4.79 Å². The quantitative estimate of drug-likeness (QED) is 0.838. The fourth-order valence-electron chi connectivity index (χ4n) is 2.68. The summed E-state index contributed by atoms with van der Waals surface area (Å²) in [6, 6.07) is 7.79. The molecule has 1 N–H and O–H groups in total. The molecule has 1 saturated heterocycles. The molecule has 116 valence electrons. The van der Waals surface area contributed by atoms with Gasteiger partial charge in [0.2, 0.25) is 0 Å². The number of rotatable bonds is 4. The number of para-hydroxylation sites is 1. The van der Waals surface area contributed by atoms with Crippen LogP contribution in [0.1, 0.15) is 26.7 Å². The van der Waals surface area contributed by atoms with Crippen molar-refractivity contribution in [2.24, 2.45) is 5.92 Å². The molecule has 4 nitrogen and oxygen atoms in total. The van der Waals surface area contributed by atoms with Crippen LogP contribution in [-0.4, -0.2) is 31.3 Å². The summed E-state index contributed by atoms with van der Waals surface area (Å²) < 4.78 is 11.8. The maximum absolute atomic E-state index is 12.4. The van der Waals surface area contributed by atoms with Gasteiger partial charge < -0.3 is 14.8 Å². The molecule has 0 aliphatic carbocycles. The van der Waals surface area contributed by atoms with Crippen molar-refractivity contribution in [3.8, 4) is 0 Å². The second kappa shape index (κ2) is 6.79. The third kappa shape index (κ3) is 3.58. The molecule has 0 amide bonds. The molecule has 2 rings (SSSR count). The van der Waals surface area contributed by atoms with Crippen LogP contribution < -0.4 is 5.32 Å². The first-order valence-electron chi connectivity index (χ1n) is 7.21. The molecule has 2 unspecified atom stereocenters. The van der Waals surface area contributed by atoms with Crippen LogP contribution in [0.2, 0.25) is 0 Å². The molecule has 0 radical (unpaired) electrons. The molecule has 1 aromatic rings. The van der Waals surface area contributed by atoms with E-state index in [0.717, 1.165) is 10.2 Å². The summed E-state index contributed by atoms with van der Waals surface area (Å²) in [5.41, 5.74) is 0.165. The number of ether oxygens (including phenoxy) is 2. The Morgan fingerprint density at radius 1 is 1.48 bits per heavy atom. The van der Waals surface area contributed by atoms with Crippen LogP contribution in [0.25, 0.3) is 0 Å². The molecule has 1 fully saturated rings. The lowest BCUT2D eigenvalue weighted by atomic mass is 9.83. The van der Waals surface area contributed by atoms with Crippen LogP contribution in [0.4, 0.5) is 5.69 Å². The van der Waals surface area contributed by atoms with Gasteiger partial charge in [-0.3, -0.25) is 0 Å². The van der Waals surface area contributed by atoms with Crippen molar-refractivity contribution in [2.75, 3.05) is 19.0 Å². The molecular weight excluding hydrogens is 334 g/mol. The molecule has 21 heavy (non-hydrogen) atoms. The Morgan fingerprint density at radius 3 is 2.81 bits per heavy atom. The summed E-state index contributed by atoms with van der Waals surface area (Å²) in [6.07, 6.45) is 1.26. The van der Waals surface area contributed by atoms with E-state index in [1.807, 2.05) is 24.3 Å². The standard InChI is InChI=1S/C16H22BrNO3/c1-11(2)14-10-16(8-9-21-14,15(19)20-3)18-13-7-5-4-6-12(13)17/h4-7,11,14,18H,8-10H2,1-3H3. The van der Waals surface area contributed by atoms with Crippen LogP contribution in [0.15, 0.2) is 28.7 Å². The average Bonchev–Trinajstić information content (AvgIpc) is 2.49. The Bertz CT molecular complexity index is 506. The van der Waals surface area contributed by atoms with Crippen molar-refractivity contribution < 1.29 is 14.3 Å². The lowest BCUT2D eigenvalue weighted by Crippen LogP contribution is -2.54. The smallest absolute Gasteiger partial charge is 0.331 e. The minimum absolute atomic E-state index is 0.0489. The van der Waals surface area contributed by atoms with Gasteiger partial charge in [0.15, 0.2) is 0 Å². The van der Waals surface area contributed by atoms with Crippen LogP contribution in [0.3, 0.4) is 0 Å². The number of methoxy groups -OCH3 is 1. The van der Waals surface area contributed by atoms with E-state index in [0.29, 0.717) is 25.4 Å². The van der Waals surface area contributed by atoms with Crippen molar-refractivity contribution in [3.63, 3.8) is 0 Å². The largest absolute Gasteiger partial charge is 0.467 e. The highest BCUT2D eigenvalue weighted by molar-refractivity contribution is 9.10. The molecule has 0 spiro atoms. The first-order valence-corrected chi connectivity index (χ1v) is 8.00. The van der Waals surface area contributed by atoms with Crippen molar-refractivity contribution in [1.82, 2.24) is 0 Å². The minimum Gasteiger partial charge on any atom is -0.467 e. The fourth-order valence-corrected chi connectivity index (χ4v) is 3.07. The third-order valence-corrected chi connectivity index (χ3v) is 4.67. The zero-order valence-electron chi connectivity index (χ0n) is 12.7. The van der Waals surface area contributed by atoms with Crippen LogP contribution in [0, 0.1) is 5.92 Å². The van der Waals surface area contributed by atoms with E-state index >= 15 is 0 Å². The summed E-state index contributed by atoms with van der Waals surface area (Å²) in [5, 5.41) is 3.40. The molecule has 0 aromatic heterocycles. The molecule has 0 bridgehead atoms. The van der Waals surface area contributed by atoms with E-state index in [9.17, 15) is 4.79 Å². The topological polar surface area (TPSA) is 47.6 Å². The second-order valence-electron chi connectivity index (χ2n) is 5.79. The zero-order valence-corrected chi connectivity index (χ0v) is 14.3. The van der Waals surface area contributed by atoms with Gasteiger partial charge in [0.05, 0.1) is 13.2 Å². The van der Waals surface area contributed by atoms with E-state index < -0.39 is 5.54 Å². The first-order chi connectivity index (χ1) is 9.98. The summed E-state index contributed by atoms with van der Waals surface area (Å²) >= 11 is 3.52. The summed E-state index contributed by atoms with van der Waals surface area (Å²) in [5.74, 6) is 0.127. The highest BCUT2D eigenvalue weighted by atomic mass is 79.9. The highest BCUT2D eigenvalue weighted by Gasteiger charge is 2.45. The molecule has 1 aliphatic rings. The molecule has 1 heterocycles. The number of carbonyl (C=O) groups excluding carboxylic acids is 1. The molecular formula is C16H22BrNO3. The maximum atomic E-state index is 12.4. The van der Waals surface area contributed by atoms with Crippen molar-refractivity contribution in [3.05, 3.63) is 28.7 Å². The van der Waals surface area contributed by atoms with E-state index in [4.69, 9.17) is 9.47 Å². The van der Waals surface area contributed by atoms with Gasteiger partial charge in [-0.05, 0) is 34.0 Å². The number of hydrogen-bond acceptors (Lipinski definition) is 4. The Hall–Kier alpha value is -1.07. The molecule has 2 atom stereocenters. The van der Waals surface area contributed by atoms with Crippen LogP contribution >= 0.6 is 15.9 Å². The zero-order chi connectivity index (χ0) is 15.5. The number of esters is 1. The summed E-state index contributed by atoms with van der Waals surface area (Å²) in [6.45, 7) is 4.77. The van der Waals surface area contributed by atoms with Gasteiger partial charge in [-0.1, -0.05) is 26.0 Å². The summed E-state index contributed by atoms with van der Waals surface area (Å²) in [7, 11) is 1.44. The van der Waals surface area contributed by atoms with E-state index in [1.54, 1.807) is 0 Å². The van der Waals surface area contributed by atoms with Gasteiger partial charge in [0.1, 0.15) is 5.54 Å². The Balaban J connectivity index is 2.29. The Morgan fingerprint density at radius 2 is 2.19 bits per heavy atom. The predicted molar refractivity (Wildman–Crippen MR) is 86.3 cm³/mol. The van der Waals surface area contributed by atoms with Crippen LogP contribution in [0.5, 0.6) is 0 Å². The summed E-state index contributed by atoms with van der Waals surface area (Å²) in [4.78, 5) is 12.4. The first kappa shape index (κ1) is 16.3. The molecule has 0 saturated carbocycles. The lowest BCUT2D eigenvalue weighted by Gasteiger charge is -2.41. The number of hydrogen-bond donors (Lipinski definition) is 1. The normalized spacial score (nSPS) is 25.7. The van der Waals surface area contributed by atoms with Crippen molar-refractivity contribution in [2.45, 2.75) is 38.3 Å². The van der Waals surface area contributed by atoms with E-state index in [2.05, 4.69) is 35.1 Å².